The second-order valence-electron chi connectivity index (χ2n) is 9.13. The van der Waals surface area contributed by atoms with Crippen molar-refractivity contribution < 1.29 is 19.2 Å². The van der Waals surface area contributed by atoms with Gasteiger partial charge >= 0.3 is 0 Å². The molecule has 2 fully saturated rings. The number of morpholine rings is 1. The van der Waals surface area contributed by atoms with Gasteiger partial charge < -0.3 is 24.8 Å². The second-order valence-corrected chi connectivity index (χ2v) is 9.13. The number of hydrogen-bond acceptors (Lipinski definition) is 4. The van der Waals surface area contributed by atoms with E-state index in [1.54, 1.807) is 0 Å². The molecule has 0 aliphatic carbocycles. The number of hydrogen-bond donors (Lipinski definition) is 2. The summed E-state index contributed by atoms with van der Waals surface area (Å²) in [7, 11) is 1.92. The quantitative estimate of drug-likeness (QED) is 0.721. The van der Waals surface area contributed by atoms with Crippen LogP contribution in [0.3, 0.4) is 0 Å². The Bertz CT molecular complexity index is 708. The molecule has 3 rings (SSSR count). The molecule has 2 aliphatic rings. The molecule has 7 nitrogen and oxygen atoms in total. The van der Waals surface area contributed by atoms with Gasteiger partial charge in [-0.05, 0) is 49.4 Å². The number of nitrogens with one attached hydrogen (secondary N) is 2. The molecule has 2 aliphatic heterocycles. The van der Waals surface area contributed by atoms with Crippen molar-refractivity contribution in [1.82, 2.24) is 4.90 Å². The van der Waals surface area contributed by atoms with E-state index < -0.39 is 0 Å². The maximum atomic E-state index is 12.9. The van der Waals surface area contributed by atoms with Gasteiger partial charge in [-0.15, -0.1) is 0 Å². The second kappa shape index (κ2) is 10.3. The van der Waals surface area contributed by atoms with Crippen molar-refractivity contribution in [3.8, 4) is 0 Å². The molecule has 2 N–H and O–H groups in total. The summed E-state index contributed by atoms with van der Waals surface area (Å²) in [6.45, 7) is 11.5. The normalized spacial score (nSPS) is 24.3. The van der Waals surface area contributed by atoms with Crippen LogP contribution in [-0.4, -0.2) is 75.7 Å². The van der Waals surface area contributed by atoms with Crippen molar-refractivity contribution >= 4 is 23.2 Å². The molecular formula is C23H37N4O3+. The maximum Gasteiger partial charge on any atom is 0.280 e. The Morgan fingerprint density at radius 2 is 1.73 bits per heavy atom. The summed E-state index contributed by atoms with van der Waals surface area (Å²) in [5.74, 6) is 1.14. The molecule has 1 aromatic rings. The zero-order valence-corrected chi connectivity index (χ0v) is 18.8. The highest BCUT2D eigenvalue weighted by atomic mass is 16.5. The number of likely N-dealkylation sites (tertiary alicyclic amines) is 1. The number of piperidine rings is 1. The fourth-order valence-electron chi connectivity index (χ4n) is 4.52. The topological polar surface area (TPSA) is 66.3 Å². The van der Waals surface area contributed by atoms with Crippen LogP contribution in [0.2, 0.25) is 0 Å². The number of likely N-dealkylation sites (N-methyl/N-ethyl adjacent to an activating group) is 1. The number of carbonyl (C=O) groups excluding carboxylic acids is 2. The van der Waals surface area contributed by atoms with Gasteiger partial charge in [0.1, 0.15) is 0 Å². The number of nitrogens with zero attached hydrogens (tertiary/aromatic N) is 2. The van der Waals surface area contributed by atoms with E-state index in [0.29, 0.717) is 11.8 Å². The summed E-state index contributed by atoms with van der Waals surface area (Å²) < 4.78 is 5.39. The smallest absolute Gasteiger partial charge is 0.280 e. The summed E-state index contributed by atoms with van der Waals surface area (Å²) in [5, 5.41) is 2.96. The highest BCUT2D eigenvalue weighted by Crippen LogP contribution is 2.21. The number of amides is 2. The fourth-order valence-corrected chi connectivity index (χ4v) is 4.52. The molecule has 2 amide bonds. The molecule has 7 heteroatoms. The van der Waals surface area contributed by atoms with Gasteiger partial charge in [-0.1, -0.05) is 13.8 Å². The van der Waals surface area contributed by atoms with Crippen molar-refractivity contribution in [1.29, 1.82) is 0 Å². The van der Waals surface area contributed by atoms with E-state index in [9.17, 15) is 9.59 Å². The first-order chi connectivity index (χ1) is 14.3. The standard InChI is InChI=1S/C23H36N4O3/c1-17-13-18(2)15-27(14-17)23(29)19(3)25(4)16-22(28)24-20-5-7-21(8-6-20)26-9-11-30-12-10-26/h5-8,17-19H,9-16H2,1-4H3,(H,24,28)/p+1/t17-,18-,19+/m0/s1. The predicted molar refractivity (Wildman–Crippen MR) is 119 cm³/mol. The van der Waals surface area contributed by atoms with Crippen LogP contribution in [0.15, 0.2) is 24.3 Å². The zero-order valence-electron chi connectivity index (χ0n) is 18.8. The molecule has 0 spiro atoms. The third-order valence-corrected chi connectivity index (χ3v) is 6.26. The Balaban J connectivity index is 1.49. The highest BCUT2D eigenvalue weighted by molar-refractivity contribution is 5.91. The molecule has 0 aromatic heterocycles. The first-order valence-electron chi connectivity index (χ1n) is 11.2. The molecule has 4 atom stereocenters. The minimum atomic E-state index is -0.239. The minimum Gasteiger partial charge on any atom is -0.378 e. The number of benzene rings is 1. The van der Waals surface area contributed by atoms with Crippen molar-refractivity contribution in [3.05, 3.63) is 24.3 Å². The third kappa shape index (κ3) is 5.95. The number of carbonyl (C=O) groups is 2. The van der Waals surface area contributed by atoms with Gasteiger partial charge in [-0.25, -0.2) is 0 Å². The van der Waals surface area contributed by atoms with Crippen molar-refractivity contribution in [3.63, 3.8) is 0 Å². The Labute approximate surface area is 180 Å². The Kier molecular flexibility index (Phi) is 7.72. The van der Waals surface area contributed by atoms with Crippen LogP contribution in [0.1, 0.15) is 27.2 Å². The van der Waals surface area contributed by atoms with E-state index in [1.807, 2.05) is 43.1 Å². The van der Waals surface area contributed by atoms with Gasteiger partial charge in [0.15, 0.2) is 12.6 Å². The maximum absolute atomic E-state index is 12.9. The Morgan fingerprint density at radius 1 is 1.13 bits per heavy atom. The lowest BCUT2D eigenvalue weighted by molar-refractivity contribution is -0.886. The summed E-state index contributed by atoms with van der Waals surface area (Å²) >= 11 is 0. The molecular weight excluding hydrogens is 380 g/mol. The van der Waals surface area contributed by atoms with E-state index in [4.69, 9.17) is 4.74 Å². The van der Waals surface area contributed by atoms with Gasteiger partial charge in [0, 0.05) is 37.6 Å². The van der Waals surface area contributed by atoms with Crippen molar-refractivity contribution in [2.75, 3.05) is 63.2 Å². The van der Waals surface area contributed by atoms with E-state index >= 15 is 0 Å². The van der Waals surface area contributed by atoms with Crippen LogP contribution in [0.25, 0.3) is 0 Å². The Morgan fingerprint density at radius 3 is 2.33 bits per heavy atom. The van der Waals surface area contributed by atoms with Crippen LogP contribution in [0, 0.1) is 11.8 Å². The molecule has 0 saturated carbocycles. The molecule has 1 unspecified atom stereocenters. The van der Waals surface area contributed by atoms with E-state index in [0.717, 1.165) is 55.7 Å². The first kappa shape index (κ1) is 22.6. The average molecular weight is 418 g/mol. The lowest BCUT2D eigenvalue weighted by Gasteiger charge is -2.36. The van der Waals surface area contributed by atoms with Crippen LogP contribution < -0.4 is 15.1 Å². The molecule has 2 saturated heterocycles. The Hall–Kier alpha value is -2.12. The van der Waals surface area contributed by atoms with Crippen LogP contribution in [0.5, 0.6) is 0 Å². The summed E-state index contributed by atoms with van der Waals surface area (Å²) in [6, 6.07) is 7.69. The van der Waals surface area contributed by atoms with Crippen LogP contribution in [-0.2, 0) is 14.3 Å². The van der Waals surface area contributed by atoms with Gasteiger partial charge in [0.2, 0.25) is 0 Å². The molecule has 0 bridgehead atoms. The lowest BCUT2D eigenvalue weighted by atomic mass is 9.91. The summed E-state index contributed by atoms with van der Waals surface area (Å²) in [5.41, 5.74) is 1.92. The van der Waals surface area contributed by atoms with Gasteiger partial charge in [0.05, 0.1) is 20.3 Å². The molecule has 1 aromatic carbocycles. The third-order valence-electron chi connectivity index (χ3n) is 6.26. The zero-order chi connectivity index (χ0) is 21.7. The molecule has 30 heavy (non-hydrogen) atoms. The monoisotopic (exact) mass is 417 g/mol. The van der Waals surface area contributed by atoms with Gasteiger partial charge in [-0.2, -0.15) is 0 Å². The molecule has 2 heterocycles. The highest BCUT2D eigenvalue weighted by Gasteiger charge is 2.32. The molecule has 166 valence electrons. The average Bonchev–Trinajstić information content (AvgIpc) is 2.73. The largest absolute Gasteiger partial charge is 0.378 e. The van der Waals surface area contributed by atoms with Crippen molar-refractivity contribution in [2.24, 2.45) is 11.8 Å². The van der Waals surface area contributed by atoms with Gasteiger partial charge in [0.25, 0.3) is 11.8 Å². The first-order valence-corrected chi connectivity index (χ1v) is 11.2. The molecule has 0 radical (unpaired) electrons. The van der Waals surface area contributed by atoms with E-state index in [-0.39, 0.29) is 24.4 Å². The van der Waals surface area contributed by atoms with E-state index in [2.05, 4.69) is 24.1 Å². The van der Waals surface area contributed by atoms with E-state index in [1.165, 1.54) is 6.42 Å². The number of quaternary nitrogens is 1. The fraction of sp³-hybridized carbons (Fsp3) is 0.652. The number of anilines is 2. The minimum absolute atomic E-state index is 0.0772. The SMILES string of the molecule is C[C@H]1C[C@H](C)CN(C(=O)[C@@H](C)[NH+](C)CC(=O)Nc2ccc(N3CCOCC3)cc2)C1. The number of ether oxygens (including phenoxy) is 1. The van der Waals surface area contributed by atoms with Gasteiger partial charge in [-0.3, -0.25) is 9.59 Å². The predicted octanol–water partition coefficient (Wildman–Crippen LogP) is 0.869. The number of rotatable bonds is 6. The summed E-state index contributed by atoms with van der Waals surface area (Å²) in [4.78, 5) is 30.6. The summed E-state index contributed by atoms with van der Waals surface area (Å²) in [6.07, 6.45) is 1.17. The van der Waals surface area contributed by atoms with Crippen LogP contribution in [0.4, 0.5) is 11.4 Å². The lowest BCUT2D eigenvalue weighted by Crippen LogP contribution is -3.15. The van der Waals surface area contributed by atoms with Crippen LogP contribution >= 0.6 is 0 Å². The van der Waals surface area contributed by atoms with Crippen molar-refractivity contribution in [2.45, 2.75) is 33.2 Å².